The maximum Gasteiger partial charge on any atom is 0.328 e. The molecular formula is C29H42N6O2. The standard InChI is InChI=1S/C29H42N6O2/c1-3-29(16-23-12-21(2)13-24(14-23)17-29)20-33-10-8-32(9-11-33)19-22-4-7-35-25(15-22)26(18-30-35)34-6-5-27(36)31-28(34)37/h4,7,15,18,21,23-24H,3,5-6,8-14,16-17,19-20H2,1-2H3,(H,31,36,37). The van der Waals surface area contributed by atoms with Crippen LogP contribution in [-0.4, -0.2) is 70.6 Å². The quantitative estimate of drug-likeness (QED) is 0.638. The number of nitrogens with one attached hydrogen (secondary N) is 1. The Balaban J connectivity index is 1.07. The lowest BCUT2D eigenvalue weighted by Gasteiger charge is -2.51. The van der Waals surface area contributed by atoms with Gasteiger partial charge in [-0.2, -0.15) is 5.10 Å². The smallest absolute Gasteiger partial charge is 0.300 e. The minimum absolute atomic E-state index is 0.219. The summed E-state index contributed by atoms with van der Waals surface area (Å²) in [7, 11) is 0. The van der Waals surface area contributed by atoms with E-state index in [2.05, 4.69) is 46.2 Å². The summed E-state index contributed by atoms with van der Waals surface area (Å²) in [6, 6.07) is 3.91. The highest BCUT2D eigenvalue weighted by atomic mass is 16.2. The molecule has 0 spiro atoms. The van der Waals surface area contributed by atoms with Gasteiger partial charge >= 0.3 is 6.03 Å². The summed E-state index contributed by atoms with van der Waals surface area (Å²) in [4.78, 5) is 30.9. The number of urea groups is 1. The molecule has 200 valence electrons. The third kappa shape index (κ3) is 5.15. The normalized spacial score (nSPS) is 31.6. The zero-order valence-electron chi connectivity index (χ0n) is 22.5. The van der Waals surface area contributed by atoms with E-state index in [0.29, 0.717) is 18.4 Å². The summed E-state index contributed by atoms with van der Waals surface area (Å²) < 4.78 is 1.81. The van der Waals surface area contributed by atoms with Crippen molar-refractivity contribution < 1.29 is 9.59 Å². The lowest BCUT2D eigenvalue weighted by atomic mass is 9.58. The van der Waals surface area contributed by atoms with Gasteiger partial charge in [0.05, 0.1) is 17.4 Å². The first-order valence-corrected chi connectivity index (χ1v) is 14.4. The van der Waals surface area contributed by atoms with E-state index in [4.69, 9.17) is 0 Å². The molecule has 2 bridgehead atoms. The molecule has 4 heterocycles. The molecule has 6 rings (SSSR count). The van der Waals surface area contributed by atoms with Crippen LogP contribution in [0.4, 0.5) is 10.5 Å². The highest BCUT2D eigenvalue weighted by molar-refractivity contribution is 6.07. The summed E-state index contributed by atoms with van der Waals surface area (Å²) >= 11 is 0. The fourth-order valence-electron chi connectivity index (χ4n) is 8.02. The predicted octanol–water partition coefficient (Wildman–Crippen LogP) is 4.14. The molecule has 2 aromatic heterocycles. The van der Waals surface area contributed by atoms with Crippen molar-refractivity contribution in [2.45, 2.75) is 65.3 Å². The first-order chi connectivity index (χ1) is 17.9. The van der Waals surface area contributed by atoms with Gasteiger partial charge in [-0.05, 0) is 79.4 Å². The molecule has 0 aromatic carbocycles. The number of imide groups is 1. The minimum Gasteiger partial charge on any atom is -0.300 e. The van der Waals surface area contributed by atoms with Crippen LogP contribution < -0.4 is 10.2 Å². The van der Waals surface area contributed by atoms with Gasteiger partial charge in [-0.15, -0.1) is 0 Å². The van der Waals surface area contributed by atoms with E-state index in [1.165, 1.54) is 50.6 Å². The van der Waals surface area contributed by atoms with Crippen LogP contribution in [0.25, 0.3) is 5.52 Å². The number of aromatic nitrogens is 2. The summed E-state index contributed by atoms with van der Waals surface area (Å²) in [5.41, 5.74) is 3.43. The number of carbonyl (C=O) groups is 2. The SMILES string of the molecule is CCC1(CN2CCN(Cc3ccn4ncc(N5CCC(=O)NC5=O)c4c3)CC2)CC2CC(C)CC(C2)C1. The van der Waals surface area contributed by atoms with Gasteiger partial charge in [0.15, 0.2) is 0 Å². The maximum absolute atomic E-state index is 12.4. The van der Waals surface area contributed by atoms with Gasteiger partial charge in [-0.1, -0.05) is 13.8 Å². The molecule has 8 nitrogen and oxygen atoms in total. The second kappa shape index (κ2) is 10.0. The third-order valence-corrected chi connectivity index (χ3v) is 9.67. The Morgan fingerprint density at radius 2 is 1.76 bits per heavy atom. The van der Waals surface area contributed by atoms with E-state index >= 15 is 0 Å². The number of anilines is 1. The molecule has 2 aromatic rings. The van der Waals surface area contributed by atoms with E-state index in [0.717, 1.165) is 61.7 Å². The van der Waals surface area contributed by atoms with Gasteiger partial charge in [0.25, 0.3) is 0 Å². The zero-order chi connectivity index (χ0) is 25.6. The molecule has 2 saturated carbocycles. The number of hydrogen-bond acceptors (Lipinski definition) is 5. The minimum atomic E-state index is -0.367. The van der Waals surface area contributed by atoms with Crippen LogP contribution in [0.3, 0.4) is 0 Å². The molecule has 1 N–H and O–H groups in total. The summed E-state index contributed by atoms with van der Waals surface area (Å²) in [6.07, 6.45) is 12.6. The molecule has 2 aliphatic carbocycles. The van der Waals surface area contributed by atoms with Crippen molar-refractivity contribution in [3.8, 4) is 0 Å². The van der Waals surface area contributed by atoms with Crippen molar-refractivity contribution in [1.82, 2.24) is 24.7 Å². The molecule has 37 heavy (non-hydrogen) atoms. The van der Waals surface area contributed by atoms with Crippen molar-refractivity contribution in [2.24, 2.45) is 23.2 Å². The number of pyridine rings is 1. The van der Waals surface area contributed by atoms with Crippen molar-refractivity contribution in [3.05, 3.63) is 30.1 Å². The summed E-state index contributed by atoms with van der Waals surface area (Å²) in [5, 5.41) is 6.84. The first kappa shape index (κ1) is 24.9. The Bertz CT molecular complexity index is 1130. The van der Waals surface area contributed by atoms with Crippen LogP contribution in [0.15, 0.2) is 24.5 Å². The fraction of sp³-hybridized carbons (Fsp3) is 0.690. The second-order valence-corrected chi connectivity index (χ2v) is 12.5. The van der Waals surface area contributed by atoms with E-state index in [1.807, 2.05) is 10.7 Å². The molecule has 4 fully saturated rings. The molecule has 2 aliphatic heterocycles. The maximum atomic E-state index is 12.4. The number of carbonyl (C=O) groups excluding carboxylic acids is 2. The average molecular weight is 507 g/mol. The van der Waals surface area contributed by atoms with Crippen molar-refractivity contribution in [3.63, 3.8) is 0 Å². The number of nitrogens with zero attached hydrogens (tertiary/aromatic N) is 5. The average Bonchev–Trinajstić information content (AvgIpc) is 3.27. The number of piperazine rings is 1. The monoisotopic (exact) mass is 506 g/mol. The van der Waals surface area contributed by atoms with E-state index in [-0.39, 0.29) is 11.9 Å². The van der Waals surface area contributed by atoms with Crippen LogP contribution in [0.2, 0.25) is 0 Å². The van der Waals surface area contributed by atoms with Crippen LogP contribution in [0, 0.1) is 23.2 Å². The Labute approximate surface area is 220 Å². The molecule has 0 radical (unpaired) electrons. The van der Waals surface area contributed by atoms with Gasteiger partial charge in [-0.25, -0.2) is 9.31 Å². The van der Waals surface area contributed by atoms with E-state index in [9.17, 15) is 9.59 Å². The molecule has 2 atom stereocenters. The lowest BCUT2D eigenvalue weighted by Crippen LogP contribution is -2.51. The molecule has 3 amide bonds. The van der Waals surface area contributed by atoms with Gasteiger partial charge in [0.1, 0.15) is 0 Å². The highest BCUT2D eigenvalue weighted by Crippen LogP contribution is 2.52. The second-order valence-electron chi connectivity index (χ2n) is 12.5. The van der Waals surface area contributed by atoms with Gasteiger partial charge in [-0.3, -0.25) is 19.9 Å². The van der Waals surface area contributed by atoms with Crippen molar-refractivity contribution in [2.75, 3.05) is 44.2 Å². The summed E-state index contributed by atoms with van der Waals surface area (Å²) in [5.74, 6) is 2.64. The van der Waals surface area contributed by atoms with Crippen molar-refractivity contribution in [1.29, 1.82) is 0 Å². The zero-order valence-corrected chi connectivity index (χ0v) is 22.5. The van der Waals surface area contributed by atoms with Gasteiger partial charge in [0.2, 0.25) is 5.91 Å². The predicted molar refractivity (Wildman–Crippen MR) is 144 cm³/mol. The molecular weight excluding hydrogens is 464 g/mol. The van der Waals surface area contributed by atoms with Crippen LogP contribution >= 0.6 is 0 Å². The summed E-state index contributed by atoms with van der Waals surface area (Å²) in [6.45, 7) is 12.0. The van der Waals surface area contributed by atoms with Gasteiger partial charge < -0.3 is 4.90 Å². The Morgan fingerprint density at radius 3 is 2.46 bits per heavy atom. The lowest BCUT2D eigenvalue weighted by molar-refractivity contribution is -0.120. The highest BCUT2D eigenvalue weighted by Gasteiger charge is 2.43. The Hall–Kier alpha value is -2.45. The molecule has 2 unspecified atom stereocenters. The largest absolute Gasteiger partial charge is 0.328 e. The van der Waals surface area contributed by atoms with Crippen LogP contribution in [0.1, 0.15) is 64.4 Å². The molecule has 2 saturated heterocycles. The van der Waals surface area contributed by atoms with Crippen LogP contribution in [-0.2, 0) is 11.3 Å². The number of rotatable bonds is 6. The first-order valence-electron chi connectivity index (χ1n) is 14.4. The van der Waals surface area contributed by atoms with Crippen molar-refractivity contribution >= 4 is 23.1 Å². The Morgan fingerprint density at radius 1 is 1.03 bits per heavy atom. The van der Waals surface area contributed by atoms with Crippen LogP contribution in [0.5, 0.6) is 0 Å². The number of hydrogen-bond donors (Lipinski definition) is 1. The Kier molecular flexibility index (Phi) is 6.74. The van der Waals surface area contributed by atoms with Gasteiger partial charge in [0, 0.05) is 58.4 Å². The van der Waals surface area contributed by atoms with E-state index in [1.54, 1.807) is 11.1 Å². The number of fused-ring (bicyclic) bond motifs is 3. The molecule has 4 aliphatic rings. The topological polar surface area (TPSA) is 73.2 Å². The fourth-order valence-corrected chi connectivity index (χ4v) is 8.02. The number of amides is 3. The van der Waals surface area contributed by atoms with E-state index < -0.39 is 0 Å². The third-order valence-electron chi connectivity index (χ3n) is 9.67. The molecule has 8 heteroatoms.